The van der Waals surface area contributed by atoms with E-state index >= 15 is 0 Å². The first kappa shape index (κ1) is 29.7. The number of furan rings is 1. The molecule has 230 valence electrons. The fraction of sp³-hybridized carbons (Fsp3) is 0.273. The van der Waals surface area contributed by atoms with Crippen LogP contribution in [-0.4, -0.2) is 65.1 Å². The highest BCUT2D eigenvalue weighted by molar-refractivity contribution is 6.25. The number of carbonyl (C=O) groups is 5. The van der Waals surface area contributed by atoms with E-state index in [1.807, 2.05) is 42.5 Å². The molecule has 45 heavy (non-hydrogen) atoms. The molecule has 12 heteroatoms. The zero-order valence-electron chi connectivity index (χ0n) is 24.4. The number of hydrogen-bond donors (Lipinski definition) is 4. The number of piperidine rings is 1. The van der Waals surface area contributed by atoms with Crippen LogP contribution in [0.25, 0.3) is 11.0 Å². The first-order valence-corrected chi connectivity index (χ1v) is 14.9. The van der Waals surface area contributed by atoms with E-state index in [2.05, 4.69) is 26.3 Å². The molecule has 2 aliphatic rings. The van der Waals surface area contributed by atoms with Gasteiger partial charge in [-0.2, -0.15) is 0 Å². The first-order valence-electron chi connectivity index (χ1n) is 14.9. The van der Waals surface area contributed by atoms with Gasteiger partial charge in [-0.05, 0) is 55.3 Å². The SMILES string of the molecule is O=C(CCCNC(c1cccnc1)c1cc2ccccc2o1)NCCNc1cccc2c1C(=O)N(C1CCC(=O)NC1=O)C2=O. The molecule has 4 heterocycles. The molecule has 4 aromatic rings. The third-order valence-corrected chi connectivity index (χ3v) is 7.91. The molecule has 0 radical (unpaired) electrons. The van der Waals surface area contributed by atoms with E-state index in [1.54, 1.807) is 24.5 Å². The zero-order chi connectivity index (χ0) is 31.3. The second kappa shape index (κ2) is 13.1. The Bertz CT molecular complexity index is 1740. The maximum Gasteiger partial charge on any atom is 0.264 e. The van der Waals surface area contributed by atoms with Crippen LogP contribution in [0.2, 0.25) is 0 Å². The number of nitrogens with one attached hydrogen (secondary N) is 4. The summed E-state index contributed by atoms with van der Waals surface area (Å²) in [5.74, 6) is -1.58. The van der Waals surface area contributed by atoms with Crippen molar-refractivity contribution in [2.24, 2.45) is 0 Å². The van der Waals surface area contributed by atoms with E-state index in [4.69, 9.17) is 4.42 Å². The van der Waals surface area contributed by atoms with Crippen molar-refractivity contribution in [3.63, 3.8) is 0 Å². The van der Waals surface area contributed by atoms with Crippen molar-refractivity contribution in [1.29, 1.82) is 0 Å². The van der Waals surface area contributed by atoms with Crippen LogP contribution in [-0.2, 0) is 14.4 Å². The number of carbonyl (C=O) groups excluding carboxylic acids is 5. The van der Waals surface area contributed by atoms with Gasteiger partial charge in [0, 0.05) is 49.4 Å². The Morgan fingerprint density at radius 2 is 1.87 bits per heavy atom. The molecule has 1 fully saturated rings. The minimum absolute atomic E-state index is 0.0526. The summed E-state index contributed by atoms with van der Waals surface area (Å²) in [7, 11) is 0. The standard InChI is InChI=1S/C33H32N6O6/c40-27(11-5-15-37-30(21-7-4-14-34-19-21)26-18-20-6-1-2-10-25(20)45-26)36-17-16-35-23-9-3-8-22-29(23)33(44)39(32(22)43)24-12-13-28(41)38-31(24)42/h1-4,6-10,14,18-19,24,30,35,37H,5,11-13,15-17H2,(H,36,40)(H,38,41,42). The number of para-hydroxylation sites is 1. The Balaban J connectivity index is 0.981. The van der Waals surface area contributed by atoms with Crippen molar-refractivity contribution < 1.29 is 28.4 Å². The number of fused-ring (bicyclic) bond motifs is 2. The Morgan fingerprint density at radius 3 is 2.67 bits per heavy atom. The summed E-state index contributed by atoms with van der Waals surface area (Å²) >= 11 is 0. The van der Waals surface area contributed by atoms with E-state index in [0.717, 1.165) is 27.2 Å². The molecule has 0 bridgehead atoms. The summed E-state index contributed by atoms with van der Waals surface area (Å²) < 4.78 is 6.10. The fourth-order valence-electron chi connectivity index (χ4n) is 5.72. The summed E-state index contributed by atoms with van der Waals surface area (Å²) in [5.41, 5.74) is 2.57. The number of pyridine rings is 1. The van der Waals surface area contributed by atoms with Crippen molar-refractivity contribution in [2.45, 2.75) is 37.8 Å². The van der Waals surface area contributed by atoms with Crippen LogP contribution in [0.1, 0.15) is 63.8 Å². The van der Waals surface area contributed by atoms with Gasteiger partial charge in [-0.25, -0.2) is 0 Å². The molecule has 2 aromatic carbocycles. The molecule has 1 saturated heterocycles. The third kappa shape index (κ3) is 6.31. The van der Waals surface area contributed by atoms with Crippen LogP contribution in [0.3, 0.4) is 0 Å². The van der Waals surface area contributed by atoms with Gasteiger partial charge in [-0.1, -0.05) is 30.3 Å². The lowest BCUT2D eigenvalue weighted by molar-refractivity contribution is -0.136. The molecule has 6 rings (SSSR count). The highest BCUT2D eigenvalue weighted by Crippen LogP contribution is 2.32. The van der Waals surface area contributed by atoms with Crippen LogP contribution < -0.4 is 21.3 Å². The van der Waals surface area contributed by atoms with E-state index in [0.29, 0.717) is 38.2 Å². The zero-order valence-corrected chi connectivity index (χ0v) is 24.4. The van der Waals surface area contributed by atoms with Gasteiger partial charge in [0.1, 0.15) is 17.4 Å². The number of benzene rings is 2. The third-order valence-electron chi connectivity index (χ3n) is 7.91. The highest BCUT2D eigenvalue weighted by Gasteiger charge is 2.45. The summed E-state index contributed by atoms with van der Waals surface area (Å²) in [4.78, 5) is 67.8. The smallest absolute Gasteiger partial charge is 0.264 e. The predicted molar refractivity (Wildman–Crippen MR) is 164 cm³/mol. The van der Waals surface area contributed by atoms with Gasteiger partial charge in [0.2, 0.25) is 17.7 Å². The lowest BCUT2D eigenvalue weighted by Crippen LogP contribution is -2.54. The summed E-state index contributed by atoms with van der Waals surface area (Å²) in [5, 5.41) is 12.7. The number of nitrogens with zero attached hydrogens (tertiary/aromatic N) is 2. The van der Waals surface area contributed by atoms with Gasteiger partial charge >= 0.3 is 0 Å². The predicted octanol–water partition coefficient (Wildman–Crippen LogP) is 2.92. The van der Waals surface area contributed by atoms with Crippen molar-refractivity contribution >= 4 is 46.2 Å². The van der Waals surface area contributed by atoms with Crippen molar-refractivity contribution in [2.75, 3.05) is 25.0 Å². The Hall–Kier alpha value is -5.36. The number of hydrogen-bond acceptors (Lipinski definition) is 9. The molecule has 2 unspecified atom stereocenters. The van der Waals surface area contributed by atoms with Gasteiger partial charge in [0.15, 0.2) is 0 Å². The van der Waals surface area contributed by atoms with Gasteiger partial charge in [-0.3, -0.25) is 39.2 Å². The average Bonchev–Trinajstić information content (AvgIpc) is 3.58. The Morgan fingerprint density at radius 1 is 1.00 bits per heavy atom. The monoisotopic (exact) mass is 608 g/mol. The second-order valence-electron chi connectivity index (χ2n) is 10.9. The topological polar surface area (TPSA) is 163 Å². The number of rotatable bonds is 12. The van der Waals surface area contributed by atoms with Gasteiger partial charge in [0.05, 0.1) is 17.2 Å². The van der Waals surface area contributed by atoms with Crippen LogP contribution >= 0.6 is 0 Å². The molecule has 2 atom stereocenters. The van der Waals surface area contributed by atoms with Crippen LogP contribution in [0, 0.1) is 0 Å². The molecule has 0 spiro atoms. The van der Waals surface area contributed by atoms with Crippen LogP contribution in [0.4, 0.5) is 5.69 Å². The highest BCUT2D eigenvalue weighted by atomic mass is 16.3. The van der Waals surface area contributed by atoms with E-state index in [-0.39, 0.29) is 35.9 Å². The second-order valence-corrected chi connectivity index (χ2v) is 10.9. The molecule has 12 nitrogen and oxygen atoms in total. The molecule has 4 N–H and O–H groups in total. The lowest BCUT2D eigenvalue weighted by atomic mass is 10.0. The molecule has 2 aromatic heterocycles. The minimum Gasteiger partial charge on any atom is -0.459 e. The quantitative estimate of drug-likeness (QED) is 0.140. The largest absolute Gasteiger partial charge is 0.459 e. The fourth-order valence-corrected chi connectivity index (χ4v) is 5.72. The number of amides is 5. The average molecular weight is 609 g/mol. The summed E-state index contributed by atoms with van der Waals surface area (Å²) in [6.07, 6.45) is 4.55. The Labute approximate surface area is 258 Å². The van der Waals surface area contributed by atoms with E-state index in [9.17, 15) is 24.0 Å². The molecule has 0 aliphatic carbocycles. The maximum atomic E-state index is 13.2. The van der Waals surface area contributed by atoms with Crippen molar-refractivity contribution in [1.82, 2.24) is 25.8 Å². The molecular formula is C33H32N6O6. The number of anilines is 1. The van der Waals surface area contributed by atoms with E-state index < -0.39 is 29.7 Å². The lowest BCUT2D eigenvalue weighted by Gasteiger charge is -2.27. The van der Waals surface area contributed by atoms with Crippen LogP contribution in [0.15, 0.2) is 77.5 Å². The normalized spacial score (nSPS) is 16.9. The summed E-state index contributed by atoms with van der Waals surface area (Å²) in [6.45, 7) is 1.18. The van der Waals surface area contributed by atoms with Gasteiger partial charge in [0.25, 0.3) is 11.8 Å². The number of aromatic nitrogens is 1. The molecule has 2 aliphatic heterocycles. The Kier molecular flexibility index (Phi) is 8.65. The minimum atomic E-state index is -1.03. The first-order chi connectivity index (χ1) is 21.9. The maximum absolute atomic E-state index is 13.2. The van der Waals surface area contributed by atoms with Crippen molar-refractivity contribution in [3.8, 4) is 0 Å². The van der Waals surface area contributed by atoms with Crippen LogP contribution in [0.5, 0.6) is 0 Å². The van der Waals surface area contributed by atoms with Crippen molar-refractivity contribution in [3.05, 3.63) is 95.5 Å². The van der Waals surface area contributed by atoms with Gasteiger partial charge in [-0.15, -0.1) is 0 Å². The molecule has 0 saturated carbocycles. The number of imide groups is 2. The van der Waals surface area contributed by atoms with E-state index in [1.165, 1.54) is 6.07 Å². The molecule has 5 amide bonds. The molecular weight excluding hydrogens is 576 g/mol. The summed E-state index contributed by atoms with van der Waals surface area (Å²) in [6, 6.07) is 17.3. The van der Waals surface area contributed by atoms with Gasteiger partial charge < -0.3 is 20.4 Å².